The Hall–Kier alpha value is -3.34. The largest absolute Gasteiger partial charge is 0.496 e. The van der Waals surface area contributed by atoms with E-state index in [1.165, 1.54) is 0 Å². The highest BCUT2D eigenvalue weighted by atomic mass is 16.5. The van der Waals surface area contributed by atoms with E-state index >= 15 is 0 Å². The fourth-order valence-corrected chi connectivity index (χ4v) is 2.65. The lowest BCUT2D eigenvalue weighted by Crippen LogP contribution is -2.24. The highest BCUT2D eigenvalue weighted by Crippen LogP contribution is 2.27. The Morgan fingerprint density at radius 1 is 1.00 bits per heavy atom. The molecule has 3 aromatic rings. The van der Waals surface area contributed by atoms with Crippen molar-refractivity contribution in [1.82, 2.24) is 5.43 Å². The molecule has 0 heterocycles. The number of para-hydroxylation sites is 1. The van der Waals surface area contributed by atoms with Crippen LogP contribution < -0.4 is 14.9 Å². The topological polar surface area (TPSA) is 59.9 Å². The molecule has 0 atom stereocenters. The van der Waals surface area contributed by atoms with Crippen molar-refractivity contribution in [3.63, 3.8) is 0 Å². The van der Waals surface area contributed by atoms with Gasteiger partial charge in [-0.1, -0.05) is 42.5 Å². The van der Waals surface area contributed by atoms with Crippen LogP contribution in [0.2, 0.25) is 0 Å². The van der Waals surface area contributed by atoms with E-state index in [2.05, 4.69) is 10.5 Å². The van der Waals surface area contributed by atoms with E-state index in [1.807, 2.05) is 67.6 Å². The molecule has 0 bridgehead atoms. The van der Waals surface area contributed by atoms with Gasteiger partial charge in [-0.25, -0.2) is 5.43 Å². The zero-order chi connectivity index (χ0) is 18.4. The van der Waals surface area contributed by atoms with Gasteiger partial charge in [0.05, 0.1) is 13.3 Å². The third kappa shape index (κ3) is 4.00. The zero-order valence-electron chi connectivity index (χ0n) is 14.7. The van der Waals surface area contributed by atoms with Crippen LogP contribution in [0.1, 0.15) is 11.1 Å². The molecule has 0 saturated heterocycles. The molecule has 26 heavy (non-hydrogen) atoms. The second kappa shape index (κ2) is 8.16. The van der Waals surface area contributed by atoms with Crippen molar-refractivity contribution in [2.45, 2.75) is 6.92 Å². The Morgan fingerprint density at radius 2 is 1.73 bits per heavy atom. The van der Waals surface area contributed by atoms with Crippen molar-refractivity contribution in [2.75, 3.05) is 13.7 Å². The van der Waals surface area contributed by atoms with Crippen molar-refractivity contribution < 1.29 is 14.3 Å². The average Bonchev–Trinajstić information content (AvgIpc) is 2.67. The van der Waals surface area contributed by atoms with Crippen LogP contribution in [0.4, 0.5) is 0 Å². The van der Waals surface area contributed by atoms with E-state index in [-0.39, 0.29) is 12.5 Å². The molecule has 0 fully saturated rings. The minimum Gasteiger partial charge on any atom is -0.496 e. The number of amides is 1. The number of methoxy groups -OCH3 is 1. The van der Waals surface area contributed by atoms with Gasteiger partial charge in [0.2, 0.25) is 0 Å². The minimum absolute atomic E-state index is 0.0917. The molecule has 3 aromatic carbocycles. The number of fused-ring (bicyclic) bond motifs is 1. The molecule has 0 aliphatic heterocycles. The number of hydrogen-bond donors (Lipinski definition) is 1. The number of benzene rings is 3. The van der Waals surface area contributed by atoms with Crippen molar-refractivity contribution in [2.24, 2.45) is 5.10 Å². The Balaban J connectivity index is 1.64. The molecule has 0 unspecified atom stereocenters. The van der Waals surface area contributed by atoms with E-state index < -0.39 is 0 Å². The number of carbonyl (C=O) groups excluding carboxylic acids is 1. The summed E-state index contributed by atoms with van der Waals surface area (Å²) in [7, 11) is 1.64. The molecule has 132 valence electrons. The van der Waals surface area contributed by atoms with Crippen LogP contribution in [0.25, 0.3) is 10.8 Å². The molecule has 0 spiro atoms. The maximum Gasteiger partial charge on any atom is 0.277 e. The molecule has 5 nitrogen and oxygen atoms in total. The number of aryl methyl sites for hydroxylation is 1. The Kier molecular flexibility index (Phi) is 5.49. The van der Waals surface area contributed by atoms with E-state index in [1.54, 1.807) is 13.3 Å². The SMILES string of the molecule is COc1ccc(C=NNC(=O)COc2ccccc2C)c2ccccc12. The van der Waals surface area contributed by atoms with Gasteiger partial charge in [0, 0.05) is 10.9 Å². The van der Waals surface area contributed by atoms with E-state index in [4.69, 9.17) is 9.47 Å². The summed E-state index contributed by atoms with van der Waals surface area (Å²) in [6.07, 6.45) is 1.62. The van der Waals surface area contributed by atoms with Crippen LogP contribution in [0.3, 0.4) is 0 Å². The van der Waals surface area contributed by atoms with E-state index in [0.717, 1.165) is 27.6 Å². The summed E-state index contributed by atoms with van der Waals surface area (Å²) in [5, 5.41) is 6.03. The number of nitrogens with zero attached hydrogens (tertiary/aromatic N) is 1. The highest BCUT2D eigenvalue weighted by molar-refractivity contribution is 6.02. The van der Waals surface area contributed by atoms with E-state index in [0.29, 0.717) is 5.75 Å². The number of rotatable bonds is 6. The Bertz CT molecular complexity index is 951. The summed E-state index contributed by atoms with van der Waals surface area (Å²) < 4.78 is 10.9. The van der Waals surface area contributed by atoms with Crippen LogP contribution in [-0.4, -0.2) is 25.8 Å². The lowest BCUT2D eigenvalue weighted by atomic mass is 10.0. The van der Waals surface area contributed by atoms with E-state index in [9.17, 15) is 4.79 Å². The minimum atomic E-state index is -0.317. The molecule has 0 aromatic heterocycles. The first-order valence-corrected chi connectivity index (χ1v) is 8.25. The van der Waals surface area contributed by atoms with Gasteiger partial charge < -0.3 is 9.47 Å². The first-order valence-electron chi connectivity index (χ1n) is 8.25. The summed E-state index contributed by atoms with van der Waals surface area (Å²) in [6.45, 7) is 1.84. The summed E-state index contributed by atoms with van der Waals surface area (Å²) in [5.41, 5.74) is 4.36. The summed E-state index contributed by atoms with van der Waals surface area (Å²) in [5.74, 6) is 1.17. The van der Waals surface area contributed by atoms with Crippen molar-refractivity contribution in [3.8, 4) is 11.5 Å². The third-order valence-corrected chi connectivity index (χ3v) is 3.98. The maximum absolute atomic E-state index is 11.9. The Morgan fingerprint density at radius 3 is 2.50 bits per heavy atom. The van der Waals surface area contributed by atoms with Gasteiger partial charge in [0.25, 0.3) is 5.91 Å². The summed E-state index contributed by atoms with van der Waals surface area (Å²) >= 11 is 0. The molecule has 5 heteroatoms. The van der Waals surface area contributed by atoms with Gasteiger partial charge in [-0.15, -0.1) is 0 Å². The predicted molar refractivity (Wildman–Crippen MR) is 103 cm³/mol. The molecular formula is C21H20N2O3. The number of hydrazone groups is 1. The lowest BCUT2D eigenvalue weighted by molar-refractivity contribution is -0.123. The van der Waals surface area contributed by atoms with Crippen LogP contribution in [-0.2, 0) is 4.79 Å². The fourth-order valence-electron chi connectivity index (χ4n) is 2.65. The molecule has 3 rings (SSSR count). The summed E-state index contributed by atoms with van der Waals surface area (Å²) in [4.78, 5) is 11.9. The second-order valence-electron chi connectivity index (χ2n) is 5.75. The van der Waals surface area contributed by atoms with Crippen molar-refractivity contribution in [1.29, 1.82) is 0 Å². The number of ether oxygens (including phenoxy) is 2. The number of carbonyl (C=O) groups is 1. The first kappa shape index (κ1) is 17.5. The van der Waals surface area contributed by atoms with Crippen LogP contribution in [0, 0.1) is 6.92 Å². The smallest absolute Gasteiger partial charge is 0.277 e. The maximum atomic E-state index is 11.9. The predicted octanol–water partition coefficient (Wildman–Crippen LogP) is 3.69. The Labute approximate surface area is 152 Å². The van der Waals surface area contributed by atoms with Gasteiger partial charge in [0.15, 0.2) is 6.61 Å². The number of hydrogen-bond acceptors (Lipinski definition) is 4. The van der Waals surface area contributed by atoms with Crippen molar-refractivity contribution in [3.05, 3.63) is 71.8 Å². The molecule has 0 radical (unpaired) electrons. The monoisotopic (exact) mass is 348 g/mol. The average molecular weight is 348 g/mol. The highest BCUT2D eigenvalue weighted by Gasteiger charge is 2.05. The van der Waals surface area contributed by atoms with Crippen LogP contribution in [0.5, 0.6) is 11.5 Å². The van der Waals surface area contributed by atoms with Crippen LogP contribution >= 0.6 is 0 Å². The van der Waals surface area contributed by atoms with Gasteiger partial charge in [0.1, 0.15) is 11.5 Å². The third-order valence-electron chi connectivity index (χ3n) is 3.98. The molecule has 1 N–H and O–H groups in total. The standard InChI is InChI=1S/C21H20N2O3/c1-15-7-3-6-10-19(15)26-14-21(24)23-22-13-16-11-12-20(25-2)18-9-5-4-8-17(16)18/h3-13H,14H2,1-2H3,(H,23,24). The molecule has 0 saturated carbocycles. The lowest BCUT2D eigenvalue weighted by Gasteiger charge is -2.08. The molecular weight excluding hydrogens is 328 g/mol. The molecule has 0 aliphatic carbocycles. The quantitative estimate of drug-likeness (QED) is 0.546. The van der Waals surface area contributed by atoms with Gasteiger partial charge in [-0.3, -0.25) is 4.79 Å². The normalized spacial score (nSPS) is 10.8. The molecule has 0 aliphatic rings. The van der Waals surface area contributed by atoms with Crippen molar-refractivity contribution >= 4 is 22.9 Å². The fraction of sp³-hybridized carbons (Fsp3) is 0.143. The van der Waals surface area contributed by atoms with Gasteiger partial charge >= 0.3 is 0 Å². The second-order valence-corrected chi connectivity index (χ2v) is 5.75. The van der Waals surface area contributed by atoms with Gasteiger partial charge in [-0.2, -0.15) is 5.10 Å². The first-order chi connectivity index (χ1) is 12.7. The van der Waals surface area contributed by atoms with Crippen LogP contribution in [0.15, 0.2) is 65.8 Å². The molecule has 1 amide bonds. The zero-order valence-corrected chi connectivity index (χ0v) is 14.7. The summed E-state index contributed by atoms with van der Waals surface area (Å²) in [6, 6.07) is 19.2. The number of nitrogens with one attached hydrogen (secondary N) is 1. The van der Waals surface area contributed by atoms with Gasteiger partial charge in [-0.05, 0) is 36.1 Å².